The number of imidazole rings is 1. The van der Waals surface area contributed by atoms with Crippen molar-refractivity contribution in [3.05, 3.63) is 43.0 Å². The van der Waals surface area contributed by atoms with E-state index < -0.39 is 0 Å². The first-order chi connectivity index (χ1) is 12.7. The van der Waals surface area contributed by atoms with E-state index in [2.05, 4.69) is 22.5 Å². The molecule has 1 unspecified atom stereocenters. The average molecular weight is 356 g/mol. The lowest BCUT2D eigenvalue weighted by molar-refractivity contribution is -0.117. The number of anilines is 1. The van der Waals surface area contributed by atoms with Crippen LogP contribution in [0.3, 0.4) is 0 Å². The monoisotopic (exact) mass is 356 g/mol. The van der Waals surface area contributed by atoms with E-state index in [0.29, 0.717) is 30.6 Å². The largest absolute Gasteiger partial charge is 0.490 e. The summed E-state index contributed by atoms with van der Waals surface area (Å²) in [6, 6.07) is 7.60. The maximum absolute atomic E-state index is 12.5. The van der Waals surface area contributed by atoms with Crippen LogP contribution in [0.25, 0.3) is 0 Å². The fourth-order valence-corrected chi connectivity index (χ4v) is 3.45. The van der Waals surface area contributed by atoms with Crippen molar-refractivity contribution in [2.45, 2.75) is 32.7 Å². The Hall–Kier alpha value is -2.34. The number of ether oxygens (including phenoxy) is 1. The van der Waals surface area contributed by atoms with Gasteiger partial charge in [0, 0.05) is 18.8 Å². The first-order valence-corrected chi connectivity index (χ1v) is 9.40. The highest BCUT2D eigenvalue weighted by Crippen LogP contribution is 2.27. The Labute approximate surface area is 155 Å². The zero-order chi connectivity index (χ0) is 18.2. The third-order valence-electron chi connectivity index (χ3n) is 5.02. The number of hydrogen-bond acceptors (Lipinski definition) is 4. The summed E-state index contributed by atoms with van der Waals surface area (Å²) in [4.78, 5) is 16.5. The SMILES string of the molecule is CC(CC(=O)Nc1ccccc1OCCn1ccnc1)C1CCNCC1. The fourth-order valence-electron chi connectivity index (χ4n) is 3.45. The van der Waals surface area contributed by atoms with E-state index in [1.54, 1.807) is 12.5 Å². The third-order valence-corrected chi connectivity index (χ3v) is 5.02. The average Bonchev–Trinajstić information content (AvgIpc) is 3.17. The lowest BCUT2D eigenvalue weighted by atomic mass is 9.84. The summed E-state index contributed by atoms with van der Waals surface area (Å²) < 4.78 is 7.82. The lowest BCUT2D eigenvalue weighted by Crippen LogP contribution is -2.32. The molecule has 0 saturated carbocycles. The third kappa shape index (κ3) is 5.33. The standard InChI is InChI=1S/C20H28N4O2/c1-16(17-6-8-21-9-7-17)14-20(25)23-18-4-2-3-5-19(18)26-13-12-24-11-10-22-15-24/h2-5,10-11,15-17,21H,6-9,12-14H2,1H3,(H,23,25). The van der Waals surface area contributed by atoms with Crippen LogP contribution in [0.2, 0.25) is 0 Å². The van der Waals surface area contributed by atoms with Crippen LogP contribution in [-0.4, -0.2) is 35.2 Å². The van der Waals surface area contributed by atoms with Gasteiger partial charge in [-0.05, 0) is 49.9 Å². The van der Waals surface area contributed by atoms with E-state index in [9.17, 15) is 4.79 Å². The molecule has 3 rings (SSSR count). The first-order valence-electron chi connectivity index (χ1n) is 9.40. The van der Waals surface area contributed by atoms with Crippen LogP contribution in [0.1, 0.15) is 26.2 Å². The second-order valence-electron chi connectivity index (χ2n) is 6.96. The van der Waals surface area contributed by atoms with Gasteiger partial charge in [-0.25, -0.2) is 4.98 Å². The van der Waals surface area contributed by atoms with Crippen molar-refractivity contribution in [2.75, 3.05) is 25.0 Å². The van der Waals surface area contributed by atoms with Gasteiger partial charge in [0.05, 0.1) is 18.6 Å². The summed E-state index contributed by atoms with van der Waals surface area (Å²) in [6.45, 7) is 5.54. The first kappa shape index (κ1) is 18.5. The molecule has 6 heteroatoms. The molecule has 26 heavy (non-hydrogen) atoms. The minimum atomic E-state index is 0.0571. The molecule has 1 aromatic carbocycles. The molecule has 6 nitrogen and oxygen atoms in total. The van der Waals surface area contributed by atoms with Gasteiger partial charge in [0.25, 0.3) is 0 Å². The maximum Gasteiger partial charge on any atom is 0.224 e. The molecule has 0 spiro atoms. The van der Waals surface area contributed by atoms with Crippen LogP contribution in [0, 0.1) is 11.8 Å². The molecule has 1 fully saturated rings. The summed E-state index contributed by atoms with van der Waals surface area (Å²) >= 11 is 0. The van der Waals surface area contributed by atoms with Crippen molar-refractivity contribution in [3.63, 3.8) is 0 Å². The molecular weight excluding hydrogens is 328 g/mol. The molecule has 140 valence electrons. The van der Waals surface area contributed by atoms with Gasteiger partial charge >= 0.3 is 0 Å². The zero-order valence-corrected chi connectivity index (χ0v) is 15.4. The Kier molecular flexibility index (Phi) is 6.66. The number of rotatable bonds is 8. The van der Waals surface area contributed by atoms with Crippen LogP contribution in [0.4, 0.5) is 5.69 Å². The second kappa shape index (κ2) is 9.38. The quantitative estimate of drug-likeness (QED) is 0.763. The van der Waals surface area contributed by atoms with E-state index in [-0.39, 0.29) is 5.91 Å². The number of aromatic nitrogens is 2. The number of nitrogens with one attached hydrogen (secondary N) is 2. The fraction of sp³-hybridized carbons (Fsp3) is 0.500. The number of hydrogen-bond donors (Lipinski definition) is 2. The summed E-state index contributed by atoms with van der Waals surface area (Å²) in [6.07, 6.45) is 8.27. The van der Waals surface area contributed by atoms with Gasteiger partial charge in [-0.1, -0.05) is 19.1 Å². The van der Waals surface area contributed by atoms with Gasteiger partial charge in [0.1, 0.15) is 12.4 Å². The highest BCUT2D eigenvalue weighted by molar-refractivity contribution is 5.92. The van der Waals surface area contributed by atoms with Gasteiger partial charge in [-0.15, -0.1) is 0 Å². The highest BCUT2D eigenvalue weighted by atomic mass is 16.5. The highest BCUT2D eigenvalue weighted by Gasteiger charge is 2.22. The van der Waals surface area contributed by atoms with Crippen molar-refractivity contribution in [2.24, 2.45) is 11.8 Å². The number of nitrogens with zero attached hydrogens (tertiary/aromatic N) is 2. The summed E-state index contributed by atoms with van der Waals surface area (Å²) in [5.74, 6) is 1.78. The number of amides is 1. The van der Waals surface area contributed by atoms with Crippen molar-refractivity contribution >= 4 is 11.6 Å². The smallest absolute Gasteiger partial charge is 0.224 e. The van der Waals surface area contributed by atoms with Crippen LogP contribution in [0.15, 0.2) is 43.0 Å². The van der Waals surface area contributed by atoms with Crippen LogP contribution in [-0.2, 0) is 11.3 Å². The molecule has 1 aliphatic rings. The van der Waals surface area contributed by atoms with Crippen LogP contribution in [0.5, 0.6) is 5.75 Å². The molecule has 1 saturated heterocycles. The van der Waals surface area contributed by atoms with Gasteiger partial charge < -0.3 is 19.9 Å². The molecular formula is C20H28N4O2. The van der Waals surface area contributed by atoms with E-state index in [1.807, 2.05) is 35.0 Å². The van der Waals surface area contributed by atoms with Crippen molar-refractivity contribution < 1.29 is 9.53 Å². The zero-order valence-electron chi connectivity index (χ0n) is 15.4. The molecule has 0 bridgehead atoms. The van der Waals surface area contributed by atoms with Gasteiger partial charge in [-0.3, -0.25) is 4.79 Å². The van der Waals surface area contributed by atoms with Crippen molar-refractivity contribution in [1.29, 1.82) is 0 Å². The Morgan fingerprint density at radius 3 is 2.96 bits per heavy atom. The van der Waals surface area contributed by atoms with Gasteiger partial charge in [0.2, 0.25) is 5.91 Å². The summed E-state index contributed by atoms with van der Waals surface area (Å²) in [5.41, 5.74) is 0.737. The number of carbonyl (C=O) groups is 1. The number of piperidine rings is 1. The van der Waals surface area contributed by atoms with E-state index >= 15 is 0 Å². The number of para-hydroxylation sites is 2. The molecule has 1 atom stereocenters. The molecule has 1 amide bonds. The molecule has 2 aromatic rings. The molecule has 0 aliphatic carbocycles. The lowest BCUT2D eigenvalue weighted by Gasteiger charge is -2.28. The second-order valence-corrected chi connectivity index (χ2v) is 6.96. The van der Waals surface area contributed by atoms with Gasteiger partial charge in [0.15, 0.2) is 0 Å². The predicted octanol–water partition coefficient (Wildman–Crippen LogP) is 2.93. The molecule has 1 aromatic heterocycles. The summed E-state index contributed by atoms with van der Waals surface area (Å²) in [7, 11) is 0. The topological polar surface area (TPSA) is 68.2 Å². The van der Waals surface area contributed by atoms with Gasteiger partial charge in [-0.2, -0.15) is 0 Å². The van der Waals surface area contributed by atoms with E-state index in [4.69, 9.17) is 4.74 Å². The molecule has 2 N–H and O–H groups in total. The normalized spacial score (nSPS) is 16.2. The predicted molar refractivity (Wildman–Crippen MR) is 102 cm³/mol. The molecule has 1 aliphatic heterocycles. The Balaban J connectivity index is 1.50. The maximum atomic E-state index is 12.5. The molecule has 0 radical (unpaired) electrons. The van der Waals surface area contributed by atoms with Crippen molar-refractivity contribution in [1.82, 2.24) is 14.9 Å². The molecule has 2 heterocycles. The number of benzene rings is 1. The Bertz CT molecular complexity index is 681. The van der Waals surface area contributed by atoms with Crippen LogP contribution < -0.4 is 15.4 Å². The van der Waals surface area contributed by atoms with Crippen LogP contribution >= 0.6 is 0 Å². The van der Waals surface area contributed by atoms with E-state index in [1.165, 1.54) is 0 Å². The summed E-state index contributed by atoms with van der Waals surface area (Å²) in [5, 5.41) is 6.40. The minimum Gasteiger partial charge on any atom is -0.490 e. The minimum absolute atomic E-state index is 0.0571. The Morgan fingerprint density at radius 2 is 2.19 bits per heavy atom. The number of carbonyl (C=O) groups excluding carboxylic acids is 1. The van der Waals surface area contributed by atoms with Crippen molar-refractivity contribution in [3.8, 4) is 5.75 Å². The Morgan fingerprint density at radius 1 is 1.38 bits per heavy atom. The van der Waals surface area contributed by atoms with E-state index in [0.717, 1.165) is 38.2 Å².